The Balaban J connectivity index is 1.90. The summed E-state index contributed by atoms with van der Waals surface area (Å²) in [4.78, 5) is 36.4. The number of nitrogens with two attached hydrogens (primary N) is 1. The van der Waals surface area contributed by atoms with Crippen LogP contribution in [0.1, 0.15) is 24.2 Å². The van der Waals surface area contributed by atoms with E-state index in [0.717, 1.165) is 5.56 Å². The van der Waals surface area contributed by atoms with Gasteiger partial charge in [-0.2, -0.15) is 5.10 Å². The summed E-state index contributed by atoms with van der Waals surface area (Å²) in [6.45, 7) is 3.23. The lowest BCUT2D eigenvalue weighted by molar-refractivity contribution is -0.123. The van der Waals surface area contributed by atoms with Crippen molar-refractivity contribution in [3.05, 3.63) is 82.6 Å². The van der Waals surface area contributed by atoms with E-state index < -0.39 is 17.4 Å². The van der Waals surface area contributed by atoms with Gasteiger partial charge in [0.15, 0.2) is 0 Å². The van der Waals surface area contributed by atoms with Crippen LogP contribution >= 0.6 is 0 Å². The number of nitrogens with zero attached hydrogens (tertiary/aromatic N) is 2. The van der Waals surface area contributed by atoms with E-state index in [1.54, 1.807) is 32.0 Å². The molecule has 1 aromatic heterocycles. The normalized spacial score (nSPS) is 11.1. The summed E-state index contributed by atoms with van der Waals surface area (Å²) < 4.78 is 1.17. The number of nitrogens with one attached hydrogen (secondary N) is 1. The van der Waals surface area contributed by atoms with Gasteiger partial charge in [-0.1, -0.05) is 30.3 Å². The Bertz CT molecular complexity index is 1070. The fourth-order valence-corrected chi connectivity index (χ4v) is 2.67. The summed E-state index contributed by atoms with van der Waals surface area (Å²) in [5.74, 6) is -0.967. The third kappa shape index (κ3) is 3.83. The summed E-state index contributed by atoms with van der Waals surface area (Å²) in [6, 6.07) is 18.6. The number of aromatic nitrogens is 2. The van der Waals surface area contributed by atoms with Crippen molar-refractivity contribution in [2.24, 2.45) is 5.73 Å². The van der Waals surface area contributed by atoms with E-state index in [1.807, 2.05) is 30.3 Å². The van der Waals surface area contributed by atoms with Gasteiger partial charge < -0.3 is 11.1 Å². The molecule has 0 fully saturated rings. The third-order valence-electron chi connectivity index (χ3n) is 4.38. The molecular weight excluding hydrogens is 356 g/mol. The molecule has 0 spiro atoms. The van der Waals surface area contributed by atoms with Crippen LogP contribution in [0.15, 0.2) is 71.5 Å². The average molecular weight is 376 g/mol. The van der Waals surface area contributed by atoms with Crippen molar-refractivity contribution in [2.75, 3.05) is 5.32 Å². The lowest BCUT2D eigenvalue weighted by Gasteiger charge is -2.25. The van der Waals surface area contributed by atoms with Crippen LogP contribution in [0.25, 0.3) is 11.3 Å². The molecule has 0 aliphatic carbocycles. The molecule has 0 atom stereocenters. The van der Waals surface area contributed by atoms with E-state index in [2.05, 4.69) is 10.4 Å². The Hall–Kier alpha value is -3.74. The van der Waals surface area contributed by atoms with Crippen LogP contribution in [0.5, 0.6) is 0 Å². The highest BCUT2D eigenvalue weighted by Crippen LogP contribution is 2.19. The molecule has 0 bridgehead atoms. The fraction of sp³-hybridized carbons (Fsp3) is 0.143. The summed E-state index contributed by atoms with van der Waals surface area (Å²) in [6.07, 6.45) is 0. The van der Waals surface area contributed by atoms with Crippen LogP contribution in [0.3, 0.4) is 0 Å². The molecule has 142 valence electrons. The second-order valence-corrected chi connectivity index (χ2v) is 6.79. The molecule has 1 heterocycles. The zero-order valence-electron chi connectivity index (χ0n) is 15.5. The van der Waals surface area contributed by atoms with Crippen molar-refractivity contribution in [1.82, 2.24) is 9.78 Å². The van der Waals surface area contributed by atoms with E-state index in [-0.39, 0.29) is 5.56 Å². The minimum atomic E-state index is -1.25. The minimum Gasteiger partial charge on any atom is -0.366 e. The number of carbonyl (C=O) groups excluding carboxylic acids is 2. The molecule has 3 N–H and O–H groups in total. The van der Waals surface area contributed by atoms with Gasteiger partial charge in [0.1, 0.15) is 5.54 Å². The maximum atomic E-state index is 12.9. The highest BCUT2D eigenvalue weighted by Gasteiger charge is 2.32. The Labute approximate surface area is 161 Å². The molecule has 0 saturated carbocycles. The molecule has 7 nitrogen and oxygen atoms in total. The number of amides is 2. The van der Waals surface area contributed by atoms with Crippen molar-refractivity contribution >= 4 is 17.5 Å². The zero-order chi connectivity index (χ0) is 20.3. The van der Waals surface area contributed by atoms with Gasteiger partial charge in [0.05, 0.1) is 5.69 Å². The molecule has 7 heteroatoms. The quantitative estimate of drug-likeness (QED) is 0.713. The minimum absolute atomic E-state index is 0.339. The Morgan fingerprint density at radius 1 is 0.964 bits per heavy atom. The van der Waals surface area contributed by atoms with Gasteiger partial charge >= 0.3 is 0 Å². The Morgan fingerprint density at radius 2 is 1.61 bits per heavy atom. The first-order valence-electron chi connectivity index (χ1n) is 8.66. The van der Waals surface area contributed by atoms with Gasteiger partial charge in [-0.05, 0) is 44.2 Å². The smallest absolute Gasteiger partial charge is 0.267 e. The van der Waals surface area contributed by atoms with Crippen LogP contribution in [-0.2, 0) is 10.3 Å². The first-order valence-corrected chi connectivity index (χ1v) is 8.66. The molecule has 2 amide bonds. The average Bonchev–Trinajstić information content (AvgIpc) is 2.69. The summed E-state index contributed by atoms with van der Waals surface area (Å²) >= 11 is 0. The number of anilines is 1. The zero-order valence-corrected chi connectivity index (χ0v) is 15.5. The SMILES string of the molecule is CC(C)(C(=O)Nc1ccc(C(N)=O)cc1)n1nc(-c2ccccc2)ccc1=O. The largest absolute Gasteiger partial charge is 0.366 e. The molecular formula is C21H20N4O3. The molecule has 0 radical (unpaired) electrons. The van der Waals surface area contributed by atoms with E-state index in [4.69, 9.17) is 5.73 Å². The highest BCUT2D eigenvalue weighted by atomic mass is 16.2. The predicted octanol–water partition coefficient (Wildman–Crippen LogP) is 2.38. The number of hydrogen-bond donors (Lipinski definition) is 2. The molecule has 3 aromatic rings. The van der Waals surface area contributed by atoms with Crippen molar-refractivity contribution in [3.8, 4) is 11.3 Å². The van der Waals surface area contributed by atoms with Gasteiger partial charge in [-0.15, -0.1) is 0 Å². The third-order valence-corrected chi connectivity index (χ3v) is 4.38. The second kappa shape index (κ2) is 7.48. The first-order chi connectivity index (χ1) is 13.3. The molecule has 2 aromatic carbocycles. The number of hydrogen-bond acceptors (Lipinski definition) is 4. The van der Waals surface area contributed by atoms with E-state index in [0.29, 0.717) is 16.9 Å². The molecule has 3 rings (SSSR count). The molecule has 28 heavy (non-hydrogen) atoms. The van der Waals surface area contributed by atoms with Gasteiger partial charge in [0.2, 0.25) is 5.91 Å². The van der Waals surface area contributed by atoms with Crippen molar-refractivity contribution in [1.29, 1.82) is 0 Å². The highest BCUT2D eigenvalue weighted by molar-refractivity contribution is 5.97. The number of primary amides is 1. The Morgan fingerprint density at radius 3 is 2.21 bits per heavy atom. The molecule has 0 unspecified atom stereocenters. The maximum Gasteiger partial charge on any atom is 0.267 e. The van der Waals surface area contributed by atoms with Gasteiger partial charge in [-0.3, -0.25) is 14.4 Å². The number of benzene rings is 2. The van der Waals surface area contributed by atoms with E-state index in [9.17, 15) is 14.4 Å². The number of carbonyl (C=O) groups is 2. The Kier molecular flexibility index (Phi) is 5.08. The van der Waals surface area contributed by atoms with Gasteiger partial charge in [-0.25, -0.2) is 4.68 Å². The lowest BCUT2D eigenvalue weighted by Crippen LogP contribution is -2.47. The molecule has 0 aliphatic rings. The van der Waals surface area contributed by atoms with Gasteiger partial charge in [0.25, 0.3) is 11.5 Å². The lowest BCUT2D eigenvalue weighted by atomic mass is 10.0. The second-order valence-electron chi connectivity index (χ2n) is 6.79. The van der Waals surface area contributed by atoms with Crippen LogP contribution < -0.4 is 16.6 Å². The topological polar surface area (TPSA) is 107 Å². The molecule has 0 saturated heterocycles. The standard InChI is InChI=1S/C21H20N4O3/c1-21(2,20(28)23-16-10-8-15(9-11-16)19(22)27)25-18(26)13-12-17(24-25)14-6-4-3-5-7-14/h3-13H,1-2H3,(H2,22,27)(H,23,28). The maximum absolute atomic E-state index is 12.9. The molecule has 0 aliphatic heterocycles. The van der Waals surface area contributed by atoms with Crippen molar-refractivity contribution in [3.63, 3.8) is 0 Å². The van der Waals surface area contributed by atoms with Crippen molar-refractivity contribution in [2.45, 2.75) is 19.4 Å². The van der Waals surface area contributed by atoms with Crippen molar-refractivity contribution < 1.29 is 9.59 Å². The van der Waals surface area contributed by atoms with E-state index >= 15 is 0 Å². The van der Waals surface area contributed by atoms with E-state index in [1.165, 1.54) is 22.9 Å². The van der Waals surface area contributed by atoms with Gasteiger partial charge in [0, 0.05) is 22.9 Å². The monoisotopic (exact) mass is 376 g/mol. The summed E-state index contributed by atoms with van der Waals surface area (Å²) in [5.41, 5.74) is 5.84. The van der Waals surface area contributed by atoms with Crippen LogP contribution in [0, 0.1) is 0 Å². The first kappa shape index (κ1) is 19.0. The predicted molar refractivity (Wildman–Crippen MR) is 107 cm³/mol. The van der Waals surface area contributed by atoms with Crippen LogP contribution in [0.4, 0.5) is 5.69 Å². The fourth-order valence-electron chi connectivity index (χ4n) is 2.67. The summed E-state index contributed by atoms with van der Waals surface area (Å²) in [5, 5.41) is 7.14. The van der Waals surface area contributed by atoms with Crippen LogP contribution in [-0.4, -0.2) is 21.6 Å². The summed E-state index contributed by atoms with van der Waals surface area (Å²) in [7, 11) is 0. The number of rotatable bonds is 5. The van der Waals surface area contributed by atoms with Crippen LogP contribution in [0.2, 0.25) is 0 Å².